The van der Waals surface area contributed by atoms with Crippen LogP contribution in [0.25, 0.3) is 6.08 Å². The van der Waals surface area contributed by atoms with E-state index >= 15 is 0 Å². The molecule has 2 aromatic carbocycles. The summed E-state index contributed by atoms with van der Waals surface area (Å²) in [6, 6.07) is 12.2. The molecular weight excluding hydrogens is 500 g/mol. The van der Waals surface area contributed by atoms with Gasteiger partial charge in [0.25, 0.3) is 5.56 Å². The topological polar surface area (TPSA) is 79.1 Å². The van der Waals surface area contributed by atoms with Crippen molar-refractivity contribution in [2.45, 2.75) is 19.9 Å². The molecule has 0 bridgehead atoms. The molecule has 36 heavy (non-hydrogen) atoms. The number of benzene rings is 2. The lowest BCUT2D eigenvalue weighted by Crippen LogP contribution is -2.39. The molecule has 2 heterocycles. The summed E-state index contributed by atoms with van der Waals surface area (Å²) in [4.78, 5) is 31.5. The molecule has 0 amide bonds. The standard InChI is InChI=1S/C27H25ClN2O5S/c1-5-12-35-24-19(28)13-17(14-20(24)34-6-2)15-21-25(31)30-23(18-10-8-7-9-11-18)22(26(32)33-4)16(3)29-27(30)36-21/h5,7-11,13-15,23H,1,6,12H2,2-4H3. The fourth-order valence-electron chi connectivity index (χ4n) is 4.01. The van der Waals surface area contributed by atoms with Crippen molar-refractivity contribution < 1.29 is 19.0 Å². The van der Waals surface area contributed by atoms with Crippen LogP contribution in [0.3, 0.4) is 0 Å². The van der Waals surface area contributed by atoms with Crippen LogP contribution in [0.5, 0.6) is 11.5 Å². The lowest BCUT2D eigenvalue weighted by Gasteiger charge is -2.24. The second-order valence-electron chi connectivity index (χ2n) is 7.85. The number of aromatic nitrogens is 1. The minimum absolute atomic E-state index is 0.275. The first-order valence-corrected chi connectivity index (χ1v) is 12.4. The zero-order valence-corrected chi connectivity index (χ0v) is 21.7. The van der Waals surface area contributed by atoms with E-state index in [-0.39, 0.29) is 12.2 Å². The van der Waals surface area contributed by atoms with E-state index in [1.165, 1.54) is 23.0 Å². The van der Waals surface area contributed by atoms with Crippen molar-refractivity contribution in [3.63, 3.8) is 0 Å². The number of hydrogen-bond donors (Lipinski definition) is 0. The smallest absolute Gasteiger partial charge is 0.338 e. The van der Waals surface area contributed by atoms with Crippen LogP contribution in [0, 0.1) is 0 Å². The van der Waals surface area contributed by atoms with Crippen molar-refractivity contribution in [1.82, 2.24) is 4.57 Å². The third kappa shape index (κ3) is 4.87. The zero-order chi connectivity index (χ0) is 25.8. The first-order chi connectivity index (χ1) is 17.4. The minimum Gasteiger partial charge on any atom is -0.490 e. The van der Waals surface area contributed by atoms with Crippen LogP contribution in [-0.2, 0) is 9.53 Å². The number of allylic oxidation sites excluding steroid dienone is 1. The fraction of sp³-hybridized carbons (Fsp3) is 0.222. The van der Waals surface area contributed by atoms with E-state index in [9.17, 15) is 9.59 Å². The SMILES string of the molecule is C=CCOc1c(Cl)cc(C=c2sc3n(c2=O)C(c2ccccc2)C(C(=O)OC)=C(C)N=3)cc1OCC. The molecule has 0 N–H and O–H groups in total. The molecule has 0 saturated heterocycles. The summed E-state index contributed by atoms with van der Waals surface area (Å²) < 4.78 is 18.4. The molecule has 0 radical (unpaired) electrons. The number of carbonyl (C=O) groups excluding carboxylic acids is 1. The van der Waals surface area contributed by atoms with Crippen molar-refractivity contribution in [2.24, 2.45) is 4.99 Å². The molecule has 9 heteroatoms. The fourth-order valence-corrected chi connectivity index (χ4v) is 5.33. The van der Waals surface area contributed by atoms with E-state index in [0.29, 0.717) is 49.3 Å². The van der Waals surface area contributed by atoms with Gasteiger partial charge in [0.05, 0.1) is 40.6 Å². The number of fused-ring (bicyclic) bond motifs is 1. The molecule has 1 unspecified atom stereocenters. The van der Waals surface area contributed by atoms with Crippen molar-refractivity contribution in [3.05, 3.63) is 102 Å². The van der Waals surface area contributed by atoms with Crippen molar-refractivity contribution in [3.8, 4) is 11.5 Å². The lowest BCUT2D eigenvalue weighted by molar-refractivity contribution is -0.136. The number of halogens is 1. The maximum Gasteiger partial charge on any atom is 0.338 e. The highest BCUT2D eigenvalue weighted by Crippen LogP contribution is 2.37. The summed E-state index contributed by atoms with van der Waals surface area (Å²) in [6.07, 6.45) is 3.35. The van der Waals surface area contributed by atoms with Crippen LogP contribution in [0.1, 0.15) is 31.0 Å². The molecule has 3 aromatic rings. The highest BCUT2D eigenvalue weighted by atomic mass is 35.5. The molecule has 7 nitrogen and oxygen atoms in total. The van der Waals surface area contributed by atoms with E-state index in [1.54, 1.807) is 31.2 Å². The Labute approximate surface area is 217 Å². The Bertz CT molecular complexity index is 1520. The summed E-state index contributed by atoms with van der Waals surface area (Å²) in [5.41, 5.74) is 2.01. The largest absolute Gasteiger partial charge is 0.490 e. The average molecular weight is 525 g/mol. The molecule has 4 rings (SSSR count). The number of thiazole rings is 1. The van der Waals surface area contributed by atoms with Gasteiger partial charge in [0.1, 0.15) is 6.61 Å². The van der Waals surface area contributed by atoms with Gasteiger partial charge < -0.3 is 14.2 Å². The molecular formula is C27H25ClN2O5S. The number of hydrogen-bond acceptors (Lipinski definition) is 7. The maximum atomic E-state index is 13.7. The Hall–Kier alpha value is -3.62. The summed E-state index contributed by atoms with van der Waals surface area (Å²) in [7, 11) is 1.32. The first kappa shape index (κ1) is 25.5. The van der Waals surface area contributed by atoms with Crippen LogP contribution in [-0.4, -0.2) is 30.9 Å². The Morgan fingerprint density at radius 1 is 1.25 bits per heavy atom. The Morgan fingerprint density at radius 2 is 2.00 bits per heavy atom. The predicted octanol–water partition coefficient (Wildman–Crippen LogP) is 4.03. The monoisotopic (exact) mass is 524 g/mol. The first-order valence-electron chi connectivity index (χ1n) is 11.2. The number of ether oxygens (including phenoxy) is 3. The van der Waals surface area contributed by atoms with Gasteiger partial charge in [-0.05, 0) is 43.2 Å². The van der Waals surface area contributed by atoms with Crippen LogP contribution < -0.4 is 24.4 Å². The van der Waals surface area contributed by atoms with Gasteiger partial charge in [0.15, 0.2) is 16.3 Å². The van der Waals surface area contributed by atoms with Gasteiger partial charge in [0, 0.05) is 0 Å². The van der Waals surface area contributed by atoms with Gasteiger partial charge in [-0.25, -0.2) is 9.79 Å². The number of esters is 1. The summed E-state index contributed by atoms with van der Waals surface area (Å²) in [5.74, 6) is 0.360. The summed E-state index contributed by atoms with van der Waals surface area (Å²) in [5, 5.41) is 0.354. The molecule has 0 saturated carbocycles. The second kappa shape index (κ2) is 11.0. The predicted molar refractivity (Wildman–Crippen MR) is 141 cm³/mol. The Kier molecular flexibility index (Phi) is 7.76. The van der Waals surface area contributed by atoms with Gasteiger partial charge in [-0.3, -0.25) is 9.36 Å². The van der Waals surface area contributed by atoms with Gasteiger partial charge in [0.2, 0.25) is 0 Å². The van der Waals surface area contributed by atoms with Gasteiger partial charge in [-0.1, -0.05) is 65.9 Å². The van der Waals surface area contributed by atoms with Gasteiger partial charge in [-0.15, -0.1) is 0 Å². The van der Waals surface area contributed by atoms with E-state index in [0.717, 1.165) is 5.56 Å². The van der Waals surface area contributed by atoms with Crippen molar-refractivity contribution in [1.29, 1.82) is 0 Å². The number of rotatable bonds is 8. The third-order valence-electron chi connectivity index (χ3n) is 5.52. The number of methoxy groups -OCH3 is 1. The Morgan fingerprint density at radius 3 is 2.67 bits per heavy atom. The minimum atomic E-state index is -0.658. The number of carbonyl (C=O) groups is 1. The zero-order valence-electron chi connectivity index (χ0n) is 20.1. The van der Waals surface area contributed by atoms with E-state index in [4.69, 9.17) is 25.8 Å². The van der Waals surface area contributed by atoms with Crippen molar-refractivity contribution >= 4 is 35.0 Å². The molecule has 1 aliphatic heterocycles. The number of nitrogens with zero attached hydrogens (tertiary/aromatic N) is 2. The third-order valence-corrected chi connectivity index (χ3v) is 6.78. The average Bonchev–Trinajstić information content (AvgIpc) is 3.17. The summed E-state index contributed by atoms with van der Waals surface area (Å²) in [6.45, 7) is 7.96. The molecule has 186 valence electrons. The molecule has 0 aliphatic carbocycles. The normalized spacial score (nSPS) is 15.2. The van der Waals surface area contributed by atoms with E-state index in [2.05, 4.69) is 11.6 Å². The van der Waals surface area contributed by atoms with E-state index in [1.807, 2.05) is 37.3 Å². The molecule has 1 atom stereocenters. The van der Waals surface area contributed by atoms with Gasteiger partial charge in [-0.2, -0.15) is 0 Å². The van der Waals surface area contributed by atoms with Crippen LogP contribution in [0.2, 0.25) is 5.02 Å². The Balaban J connectivity index is 1.90. The molecule has 0 fully saturated rings. The molecule has 1 aliphatic rings. The van der Waals surface area contributed by atoms with Crippen LogP contribution in [0.4, 0.5) is 0 Å². The van der Waals surface area contributed by atoms with Crippen molar-refractivity contribution in [2.75, 3.05) is 20.3 Å². The highest BCUT2D eigenvalue weighted by molar-refractivity contribution is 7.07. The van der Waals surface area contributed by atoms with Crippen LogP contribution >= 0.6 is 22.9 Å². The van der Waals surface area contributed by atoms with E-state index < -0.39 is 12.0 Å². The molecule has 0 spiro atoms. The quantitative estimate of drug-likeness (QED) is 0.328. The van der Waals surface area contributed by atoms with Crippen LogP contribution in [0.15, 0.2) is 76.2 Å². The van der Waals surface area contributed by atoms with Gasteiger partial charge >= 0.3 is 5.97 Å². The highest BCUT2D eigenvalue weighted by Gasteiger charge is 2.32. The lowest BCUT2D eigenvalue weighted by atomic mass is 9.96. The summed E-state index contributed by atoms with van der Waals surface area (Å²) >= 11 is 7.73. The second-order valence-corrected chi connectivity index (χ2v) is 9.26. The molecule has 1 aromatic heterocycles. The maximum absolute atomic E-state index is 13.7.